The molecule has 0 saturated carbocycles. The monoisotopic (exact) mass is 355 g/mol. The first-order valence-electron chi connectivity index (χ1n) is 7.86. The summed E-state index contributed by atoms with van der Waals surface area (Å²) >= 11 is 0. The molecule has 5 N–H and O–H groups in total. The third-order valence-electron chi connectivity index (χ3n) is 3.59. The Hall–Kier alpha value is -2.01. The lowest BCUT2D eigenvalue weighted by atomic mass is 10.1. The Morgan fingerprint density at radius 2 is 2.12 bits per heavy atom. The van der Waals surface area contributed by atoms with Crippen LogP contribution in [0.2, 0.25) is 0 Å². The highest BCUT2D eigenvalue weighted by Gasteiger charge is 2.33. The second-order valence-electron chi connectivity index (χ2n) is 6.74. The molecule has 2 aromatic rings. The molecule has 140 valence electrons. The van der Waals surface area contributed by atoms with Crippen LogP contribution in [0.25, 0.3) is 11.2 Å². The molecule has 0 aliphatic rings. The van der Waals surface area contributed by atoms with Gasteiger partial charge < -0.3 is 30.0 Å². The number of imidazole rings is 1. The minimum Gasteiger partial charge on any atom is -0.394 e. The normalized spacial score (nSPS) is 16.1. The van der Waals surface area contributed by atoms with Gasteiger partial charge in [0, 0.05) is 7.11 Å². The van der Waals surface area contributed by atoms with Crippen molar-refractivity contribution in [3.63, 3.8) is 0 Å². The zero-order chi connectivity index (χ0) is 18.8. The first-order chi connectivity index (χ1) is 11.7. The fourth-order valence-corrected chi connectivity index (χ4v) is 2.53. The third kappa shape index (κ3) is 4.54. The number of aliphatic hydroxyl groups excluding tert-OH is 2. The molecule has 3 unspecified atom stereocenters. The van der Waals surface area contributed by atoms with Gasteiger partial charge in [0.1, 0.15) is 18.3 Å². The van der Waals surface area contributed by atoms with Crippen LogP contribution in [0.3, 0.4) is 0 Å². The lowest BCUT2D eigenvalue weighted by Crippen LogP contribution is -2.48. The van der Waals surface area contributed by atoms with Gasteiger partial charge in [-0.3, -0.25) is 9.78 Å². The van der Waals surface area contributed by atoms with Gasteiger partial charge in [0.25, 0.3) is 5.56 Å². The van der Waals surface area contributed by atoms with Gasteiger partial charge in [-0.25, -0.2) is 4.98 Å². The summed E-state index contributed by atoms with van der Waals surface area (Å²) in [4.78, 5) is 22.3. The Balaban J connectivity index is 2.31. The summed E-state index contributed by atoms with van der Waals surface area (Å²) in [6.07, 6.45) is -1.17. The molecule has 3 atom stereocenters. The predicted molar refractivity (Wildman–Crippen MR) is 91.1 cm³/mol. The summed E-state index contributed by atoms with van der Waals surface area (Å²) in [6, 6.07) is 0. The van der Waals surface area contributed by atoms with Gasteiger partial charge >= 0.3 is 0 Å². The summed E-state index contributed by atoms with van der Waals surface area (Å²) in [5.41, 5.74) is 4.94. The van der Waals surface area contributed by atoms with Crippen LogP contribution in [0, 0.1) is 0 Å². The number of aromatic amines is 1. The van der Waals surface area contributed by atoms with Gasteiger partial charge in [0.2, 0.25) is 5.95 Å². The second kappa shape index (κ2) is 7.48. The smallest absolute Gasteiger partial charge is 0.280 e. The Morgan fingerprint density at radius 1 is 1.44 bits per heavy atom. The summed E-state index contributed by atoms with van der Waals surface area (Å²) in [5.74, 6) is -0.0404. The van der Waals surface area contributed by atoms with Crippen molar-refractivity contribution in [1.82, 2.24) is 19.5 Å². The molecule has 25 heavy (non-hydrogen) atoms. The fraction of sp³-hybridized carbons (Fsp3) is 0.667. The molecule has 0 spiro atoms. The molecule has 0 aromatic carbocycles. The molecule has 0 fully saturated rings. The van der Waals surface area contributed by atoms with Crippen LogP contribution in [0.1, 0.15) is 20.8 Å². The minimum atomic E-state index is -1.05. The van der Waals surface area contributed by atoms with E-state index in [0.29, 0.717) is 0 Å². The van der Waals surface area contributed by atoms with E-state index in [1.807, 2.05) is 20.8 Å². The summed E-state index contributed by atoms with van der Waals surface area (Å²) in [6.45, 7) is 5.23. The van der Waals surface area contributed by atoms with Crippen molar-refractivity contribution in [2.75, 3.05) is 19.5 Å². The van der Waals surface area contributed by atoms with Gasteiger partial charge in [0.15, 0.2) is 11.2 Å². The highest BCUT2D eigenvalue weighted by atomic mass is 16.6. The van der Waals surface area contributed by atoms with Crippen LogP contribution in [-0.4, -0.2) is 67.4 Å². The molecule has 0 bridgehead atoms. The van der Waals surface area contributed by atoms with E-state index in [-0.39, 0.29) is 30.3 Å². The molecule has 0 aliphatic carbocycles. The first kappa shape index (κ1) is 19.3. The molecule has 10 heteroatoms. The number of methoxy groups -OCH3 is 1. The maximum Gasteiger partial charge on any atom is 0.280 e. The summed E-state index contributed by atoms with van der Waals surface area (Å²) < 4.78 is 12.6. The van der Waals surface area contributed by atoms with Crippen molar-refractivity contribution < 1.29 is 19.7 Å². The Kier molecular flexibility index (Phi) is 5.78. The Bertz CT molecular complexity index is 762. The third-order valence-corrected chi connectivity index (χ3v) is 3.59. The maximum atomic E-state index is 11.8. The molecule has 0 aliphatic heterocycles. The topological polar surface area (TPSA) is 149 Å². The number of fused-ring (bicyclic) bond motifs is 1. The second-order valence-corrected chi connectivity index (χ2v) is 6.74. The quantitative estimate of drug-likeness (QED) is 0.507. The van der Waals surface area contributed by atoms with Crippen molar-refractivity contribution in [2.24, 2.45) is 0 Å². The van der Waals surface area contributed by atoms with Crippen LogP contribution in [-0.2, 0) is 16.0 Å². The zero-order valence-corrected chi connectivity index (χ0v) is 14.8. The number of nitrogen functional groups attached to an aromatic ring is 1. The number of ether oxygens (including phenoxy) is 2. The van der Waals surface area contributed by atoms with Crippen molar-refractivity contribution in [3.8, 4) is 0 Å². The summed E-state index contributed by atoms with van der Waals surface area (Å²) in [7, 11) is 1.43. The van der Waals surface area contributed by atoms with E-state index >= 15 is 0 Å². The average Bonchev–Trinajstić information content (AvgIpc) is 2.89. The van der Waals surface area contributed by atoms with Crippen LogP contribution in [0.15, 0.2) is 11.1 Å². The molecule has 2 heterocycles. The molecular formula is C15H25N5O5. The number of nitrogens with zero attached hydrogens (tertiary/aromatic N) is 3. The number of H-pyrrole nitrogens is 1. The Morgan fingerprint density at radius 3 is 2.68 bits per heavy atom. The van der Waals surface area contributed by atoms with Gasteiger partial charge in [-0.15, -0.1) is 0 Å². The van der Waals surface area contributed by atoms with E-state index < -0.39 is 29.5 Å². The van der Waals surface area contributed by atoms with Crippen LogP contribution in [0.4, 0.5) is 5.95 Å². The minimum absolute atomic E-state index is 0.0347. The zero-order valence-electron chi connectivity index (χ0n) is 14.8. The fourth-order valence-electron chi connectivity index (χ4n) is 2.53. The predicted octanol–water partition coefficient (Wildman–Crippen LogP) is -0.746. The number of anilines is 1. The van der Waals surface area contributed by atoms with Gasteiger partial charge in [-0.1, -0.05) is 0 Å². The number of nitrogens with two attached hydrogens (primary N) is 1. The average molecular weight is 355 g/mol. The largest absolute Gasteiger partial charge is 0.394 e. The van der Waals surface area contributed by atoms with E-state index in [4.69, 9.17) is 15.2 Å². The van der Waals surface area contributed by atoms with Gasteiger partial charge in [-0.05, 0) is 20.8 Å². The van der Waals surface area contributed by atoms with Crippen LogP contribution >= 0.6 is 0 Å². The lowest BCUT2D eigenvalue weighted by Gasteiger charge is -2.34. The highest BCUT2D eigenvalue weighted by Crippen LogP contribution is 2.19. The lowest BCUT2D eigenvalue weighted by molar-refractivity contribution is -0.172. The summed E-state index contributed by atoms with van der Waals surface area (Å²) in [5, 5.41) is 20.2. The molecular weight excluding hydrogens is 330 g/mol. The number of hydrogen-bond donors (Lipinski definition) is 4. The van der Waals surface area contributed by atoms with Crippen LogP contribution in [0.5, 0.6) is 0 Å². The molecule has 10 nitrogen and oxygen atoms in total. The number of nitrogens with one attached hydrogen (secondary N) is 1. The van der Waals surface area contributed by atoms with E-state index in [0.717, 1.165) is 0 Å². The van der Waals surface area contributed by atoms with Crippen molar-refractivity contribution >= 4 is 17.1 Å². The number of rotatable bonds is 7. The number of hydrogen-bond acceptors (Lipinski definition) is 8. The molecule has 0 radical (unpaired) electrons. The molecule has 2 aromatic heterocycles. The van der Waals surface area contributed by atoms with Crippen LogP contribution < -0.4 is 11.3 Å². The molecule has 0 amide bonds. The number of aliphatic hydroxyl groups is 2. The first-order valence-corrected chi connectivity index (χ1v) is 7.86. The Labute approximate surface area is 144 Å². The van der Waals surface area contributed by atoms with E-state index in [9.17, 15) is 15.0 Å². The number of aromatic nitrogens is 4. The highest BCUT2D eigenvalue weighted by molar-refractivity contribution is 5.70. The van der Waals surface area contributed by atoms with Crippen molar-refractivity contribution in [2.45, 2.75) is 51.2 Å². The van der Waals surface area contributed by atoms with E-state index in [2.05, 4.69) is 15.0 Å². The standard InChI is InChI=1S/C15H25N5O5/c1-15(2,3)25-11(9(6-21)24-4)8(22)5-20-7-17-10-12(20)18-14(16)19-13(10)23/h7-9,11,21-22H,5-6H2,1-4H3,(H3,16,18,19,23). The van der Waals surface area contributed by atoms with E-state index in [1.54, 1.807) is 0 Å². The molecule has 0 saturated heterocycles. The SMILES string of the molecule is COC(CO)C(OC(C)(C)C)C(O)Cn1cnc2c(=O)[nH]c(N)nc21. The van der Waals surface area contributed by atoms with Gasteiger partial charge in [0.05, 0.1) is 25.1 Å². The van der Waals surface area contributed by atoms with Crippen molar-refractivity contribution in [3.05, 3.63) is 16.7 Å². The maximum absolute atomic E-state index is 11.8. The van der Waals surface area contributed by atoms with Gasteiger partial charge in [-0.2, -0.15) is 4.98 Å². The van der Waals surface area contributed by atoms with Crippen molar-refractivity contribution in [1.29, 1.82) is 0 Å². The van der Waals surface area contributed by atoms with E-state index in [1.165, 1.54) is 18.0 Å². The molecule has 2 rings (SSSR count).